The Labute approximate surface area is 83.3 Å². The Hall–Kier alpha value is -1.53. The Morgan fingerprint density at radius 3 is 3.00 bits per heavy atom. The van der Waals surface area contributed by atoms with E-state index < -0.39 is 4.92 Å². The first kappa shape index (κ1) is 9.04. The summed E-state index contributed by atoms with van der Waals surface area (Å²) in [6.07, 6.45) is 0. The van der Waals surface area contributed by atoms with Gasteiger partial charge in [-0.3, -0.25) is 10.1 Å². The van der Waals surface area contributed by atoms with Crippen molar-refractivity contribution in [2.75, 3.05) is 0 Å². The van der Waals surface area contributed by atoms with Gasteiger partial charge in [0.05, 0.1) is 15.1 Å². The van der Waals surface area contributed by atoms with Crippen LogP contribution < -0.4 is 5.73 Å². The minimum atomic E-state index is -0.415. The number of nitro groups is 1. The van der Waals surface area contributed by atoms with Gasteiger partial charge in [-0.1, -0.05) is 0 Å². The summed E-state index contributed by atoms with van der Waals surface area (Å²) in [5, 5.41) is 11.3. The first-order valence-electron chi connectivity index (χ1n) is 3.94. The molecule has 0 fully saturated rings. The molecule has 72 valence electrons. The van der Waals surface area contributed by atoms with Gasteiger partial charge in [-0.25, -0.2) is 4.98 Å². The van der Waals surface area contributed by atoms with E-state index >= 15 is 0 Å². The molecule has 0 radical (unpaired) electrons. The van der Waals surface area contributed by atoms with Crippen LogP contribution in [-0.4, -0.2) is 9.91 Å². The molecule has 0 aliphatic carbocycles. The highest BCUT2D eigenvalue weighted by molar-refractivity contribution is 7.18. The molecule has 1 aromatic heterocycles. The van der Waals surface area contributed by atoms with E-state index in [-0.39, 0.29) is 5.69 Å². The van der Waals surface area contributed by atoms with Gasteiger partial charge >= 0.3 is 0 Å². The second kappa shape index (κ2) is 3.32. The molecule has 2 N–H and O–H groups in total. The van der Waals surface area contributed by atoms with E-state index in [9.17, 15) is 10.1 Å². The average Bonchev–Trinajstić information content (AvgIpc) is 2.58. The largest absolute Gasteiger partial charge is 0.325 e. The number of benzene rings is 1. The molecule has 6 heteroatoms. The van der Waals surface area contributed by atoms with Crippen LogP contribution in [-0.2, 0) is 6.54 Å². The standard InChI is InChI=1S/C8H7N3O2S/c9-4-8-10-6-2-1-5(11(12)13)3-7(6)14-8/h1-3H,4,9H2. The molecule has 0 amide bonds. The summed E-state index contributed by atoms with van der Waals surface area (Å²) in [6.45, 7) is 0.368. The summed E-state index contributed by atoms with van der Waals surface area (Å²) in [4.78, 5) is 14.3. The normalized spacial score (nSPS) is 10.6. The van der Waals surface area contributed by atoms with Gasteiger partial charge in [0.1, 0.15) is 5.01 Å². The molecule has 0 aliphatic heterocycles. The molecule has 14 heavy (non-hydrogen) atoms. The quantitative estimate of drug-likeness (QED) is 0.602. The third-order valence-electron chi connectivity index (χ3n) is 1.80. The van der Waals surface area contributed by atoms with E-state index in [0.29, 0.717) is 6.54 Å². The van der Waals surface area contributed by atoms with Crippen molar-refractivity contribution in [1.29, 1.82) is 0 Å². The molecular weight excluding hydrogens is 202 g/mol. The molecule has 0 bridgehead atoms. The predicted octanol–water partition coefficient (Wildman–Crippen LogP) is 1.66. The van der Waals surface area contributed by atoms with Crippen molar-refractivity contribution in [3.8, 4) is 0 Å². The van der Waals surface area contributed by atoms with Gasteiger partial charge in [-0.2, -0.15) is 0 Å². The third-order valence-corrected chi connectivity index (χ3v) is 2.84. The van der Waals surface area contributed by atoms with Crippen molar-refractivity contribution >= 4 is 27.2 Å². The SMILES string of the molecule is NCc1nc2ccc([N+](=O)[O-])cc2s1. The van der Waals surface area contributed by atoms with E-state index in [1.54, 1.807) is 6.07 Å². The Morgan fingerprint density at radius 2 is 2.36 bits per heavy atom. The zero-order valence-corrected chi connectivity index (χ0v) is 7.95. The second-order valence-electron chi connectivity index (χ2n) is 2.72. The Bertz CT molecular complexity index is 494. The fraction of sp³-hybridized carbons (Fsp3) is 0.125. The van der Waals surface area contributed by atoms with Gasteiger partial charge in [0.15, 0.2) is 0 Å². The van der Waals surface area contributed by atoms with Gasteiger partial charge < -0.3 is 5.73 Å². The molecule has 0 unspecified atom stereocenters. The van der Waals surface area contributed by atoms with Gasteiger partial charge in [-0.05, 0) is 6.07 Å². The van der Waals surface area contributed by atoms with Crippen molar-refractivity contribution in [3.05, 3.63) is 33.3 Å². The molecule has 0 aliphatic rings. The number of thiazole rings is 1. The zero-order chi connectivity index (χ0) is 10.1. The molecule has 0 spiro atoms. The van der Waals surface area contributed by atoms with Crippen LogP contribution in [0.3, 0.4) is 0 Å². The number of nitrogens with two attached hydrogens (primary N) is 1. The fourth-order valence-electron chi connectivity index (χ4n) is 1.16. The number of fused-ring (bicyclic) bond motifs is 1. The van der Waals surface area contributed by atoms with Crippen LogP contribution in [0.25, 0.3) is 10.2 Å². The molecular formula is C8H7N3O2S. The maximum Gasteiger partial charge on any atom is 0.270 e. The molecule has 2 aromatic rings. The summed E-state index contributed by atoms with van der Waals surface area (Å²) in [5.74, 6) is 0. The second-order valence-corrected chi connectivity index (χ2v) is 3.84. The molecule has 0 saturated heterocycles. The van der Waals surface area contributed by atoms with E-state index in [4.69, 9.17) is 5.73 Å². The van der Waals surface area contributed by atoms with Crippen LogP contribution in [0.2, 0.25) is 0 Å². The maximum atomic E-state index is 10.5. The summed E-state index contributed by atoms with van der Waals surface area (Å²) >= 11 is 1.39. The Balaban J connectivity index is 2.59. The van der Waals surface area contributed by atoms with Gasteiger partial charge in [0, 0.05) is 18.7 Å². The summed E-state index contributed by atoms with van der Waals surface area (Å²) < 4.78 is 0.805. The number of nitro benzene ring substituents is 1. The number of rotatable bonds is 2. The van der Waals surface area contributed by atoms with Crippen LogP contribution in [0.5, 0.6) is 0 Å². The van der Waals surface area contributed by atoms with Crippen molar-refractivity contribution in [2.45, 2.75) is 6.54 Å². The number of hydrogen-bond acceptors (Lipinski definition) is 5. The van der Waals surface area contributed by atoms with Gasteiger partial charge in [0.2, 0.25) is 0 Å². The average molecular weight is 209 g/mol. The predicted molar refractivity (Wildman–Crippen MR) is 54.2 cm³/mol. The Kier molecular flexibility index (Phi) is 2.14. The highest BCUT2D eigenvalue weighted by atomic mass is 32.1. The smallest absolute Gasteiger partial charge is 0.270 e. The highest BCUT2D eigenvalue weighted by Crippen LogP contribution is 2.25. The lowest BCUT2D eigenvalue weighted by atomic mass is 10.3. The number of non-ortho nitro benzene ring substituents is 1. The molecule has 1 aromatic carbocycles. The van der Waals surface area contributed by atoms with Crippen LogP contribution in [0.4, 0.5) is 5.69 Å². The van der Waals surface area contributed by atoms with E-state index in [2.05, 4.69) is 4.98 Å². The molecule has 0 saturated carbocycles. The lowest BCUT2D eigenvalue weighted by Gasteiger charge is -1.89. The zero-order valence-electron chi connectivity index (χ0n) is 7.14. The van der Waals surface area contributed by atoms with Crippen molar-refractivity contribution < 1.29 is 4.92 Å². The van der Waals surface area contributed by atoms with Crippen LogP contribution in [0.15, 0.2) is 18.2 Å². The minimum absolute atomic E-state index is 0.0877. The van der Waals surface area contributed by atoms with E-state index in [1.807, 2.05) is 0 Å². The summed E-state index contributed by atoms with van der Waals surface area (Å²) in [7, 11) is 0. The number of aromatic nitrogens is 1. The van der Waals surface area contributed by atoms with Crippen LogP contribution >= 0.6 is 11.3 Å². The van der Waals surface area contributed by atoms with E-state index in [0.717, 1.165) is 15.2 Å². The van der Waals surface area contributed by atoms with Crippen LogP contribution in [0.1, 0.15) is 5.01 Å². The first-order valence-corrected chi connectivity index (χ1v) is 4.76. The monoisotopic (exact) mass is 209 g/mol. The summed E-state index contributed by atoms with van der Waals surface area (Å²) in [5.41, 5.74) is 6.28. The molecule has 0 atom stereocenters. The minimum Gasteiger partial charge on any atom is -0.325 e. The third kappa shape index (κ3) is 1.45. The lowest BCUT2D eigenvalue weighted by molar-refractivity contribution is -0.384. The molecule has 1 heterocycles. The first-order chi connectivity index (χ1) is 6.70. The fourth-order valence-corrected chi connectivity index (χ4v) is 2.04. The van der Waals surface area contributed by atoms with Crippen molar-refractivity contribution in [2.24, 2.45) is 5.73 Å². The summed E-state index contributed by atoms with van der Waals surface area (Å²) in [6, 6.07) is 4.61. The lowest BCUT2D eigenvalue weighted by Crippen LogP contribution is -1.93. The maximum absolute atomic E-state index is 10.5. The van der Waals surface area contributed by atoms with Crippen molar-refractivity contribution in [3.63, 3.8) is 0 Å². The number of nitrogens with zero attached hydrogens (tertiary/aromatic N) is 2. The number of hydrogen-bond donors (Lipinski definition) is 1. The van der Waals surface area contributed by atoms with E-state index in [1.165, 1.54) is 23.5 Å². The van der Waals surface area contributed by atoms with Crippen molar-refractivity contribution in [1.82, 2.24) is 4.98 Å². The van der Waals surface area contributed by atoms with Gasteiger partial charge in [-0.15, -0.1) is 11.3 Å². The highest BCUT2D eigenvalue weighted by Gasteiger charge is 2.09. The van der Waals surface area contributed by atoms with Gasteiger partial charge in [0.25, 0.3) is 5.69 Å². The topological polar surface area (TPSA) is 82.0 Å². The molecule has 5 nitrogen and oxygen atoms in total. The Morgan fingerprint density at radius 1 is 1.57 bits per heavy atom. The van der Waals surface area contributed by atoms with Crippen LogP contribution in [0, 0.1) is 10.1 Å². The molecule has 2 rings (SSSR count).